The van der Waals surface area contributed by atoms with Gasteiger partial charge in [-0.2, -0.15) is 0 Å². The van der Waals surface area contributed by atoms with Crippen LogP contribution >= 0.6 is 0 Å². The summed E-state index contributed by atoms with van der Waals surface area (Å²) in [4.78, 5) is 0. The minimum Gasteiger partial charge on any atom is -0.0622 e. The molecule has 1 fully saturated rings. The van der Waals surface area contributed by atoms with Gasteiger partial charge >= 0.3 is 0 Å². The van der Waals surface area contributed by atoms with E-state index in [0.29, 0.717) is 0 Å². The molecular formula is C18H20. The monoisotopic (exact) mass is 236 g/mol. The highest BCUT2D eigenvalue weighted by atomic mass is 14.2. The Bertz CT molecular complexity index is 492. The lowest BCUT2D eigenvalue weighted by Gasteiger charge is -2.22. The molecule has 1 aliphatic rings. The average Bonchev–Trinajstić information content (AvgIpc) is 2.49. The quantitative estimate of drug-likeness (QED) is 0.654. The van der Waals surface area contributed by atoms with E-state index in [2.05, 4.69) is 54.6 Å². The number of benzene rings is 2. The molecule has 0 spiro atoms. The maximum atomic E-state index is 2.39. The first kappa shape index (κ1) is 11.5. The Hall–Kier alpha value is -1.56. The fraction of sp³-hybridized carbons (Fsp3) is 0.333. The maximum Gasteiger partial charge on any atom is -0.0162 e. The lowest BCUT2D eigenvalue weighted by atomic mass is 9.83. The van der Waals surface area contributed by atoms with Crippen molar-refractivity contribution in [2.75, 3.05) is 0 Å². The molecule has 0 radical (unpaired) electrons. The molecule has 18 heavy (non-hydrogen) atoms. The van der Waals surface area contributed by atoms with Crippen molar-refractivity contribution in [3.8, 4) is 11.1 Å². The summed E-state index contributed by atoms with van der Waals surface area (Å²) in [7, 11) is 0. The summed E-state index contributed by atoms with van der Waals surface area (Å²) < 4.78 is 0. The van der Waals surface area contributed by atoms with E-state index in [4.69, 9.17) is 0 Å². The van der Waals surface area contributed by atoms with Gasteiger partial charge in [-0.25, -0.2) is 0 Å². The first-order chi connectivity index (χ1) is 8.93. The normalized spacial score (nSPS) is 16.7. The summed E-state index contributed by atoms with van der Waals surface area (Å²) in [5, 5.41) is 0. The fourth-order valence-corrected chi connectivity index (χ4v) is 3.04. The molecule has 0 atom stereocenters. The first-order valence-corrected chi connectivity index (χ1v) is 7.09. The molecule has 0 amide bonds. The molecular weight excluding hydrogens is 216 g/mol. The summed E-state index contributed by atoms with van der Waals surface area (Å²) in [6.07, 6.45) is 6.98. The fourth-order valence-electron chi connectivity index (χ4n) is 3.04. The van der Waals surface area contributed by atoms with Crippen LogP contribution in [0.5, 0.6) is 0 Å². The third kappa shape index (κ3) is 2.48. The van der Waals surface area contributed by atoms with Crippen molar-refractivity contribution in [2.24, 2.45) is 0 Å². The number of hydrogen-bond acceptors (Lipinski definition) is 0. The first-order valence-electron chi connectivity index (χ1n) is 7.09. The van der Waals surface area contributed by atoms with Crippen LogP contribution < -0.4 is 0 Å². The Balaban J connectivity index is 1.89. The van der Waals surface area contributed by atoms with E-state index < -0.39 is 0 Å². The Morgan fingerprint density at radius 3 is 2.17 bits per heavy atom. The van der Waals surface area contributed by atoms with Gasteiger partial charge in [0.15, 0.2) is 0 Å². The molecule has 3 rings (SSSR count). The van der Waals surface area contributed by atoms with E-state index >= 15 is 0 Å². The lowest BCUT2D eigenvalue weighted by Crippen LogP contribution is -2.04. The van der Waals surface area contributed by atoms with E-state index in [0.717, 1.165) is 5.92 Å². The third-order valence-electron chi connectivity index (χ3n) is 4.07. The van der Waals surface area contributed by atoms with Gasteiger partial charge in [-0.1, -0.05) is 73.9 Å². The molecule has 92 valence electrons. The second kappa shape index (κ2) is 5.39. The molecule has 1 saturated carbocycles. The van der Waals surface area contributed by atoms with Gasteiger partial charge in [-0.05, 0) is 35.4 Å². The van der Waals surface area contributed by atoms with Crippen LogP contribution in [0.25, 0.3) is 11.1 Å². The number of hydrogen-bond donors (Lipinski definition) is 0. The zero-order chi connectivity index (χ0) is 12.2. The molecule has 0 heterocycles. The third-order valence-corrected chi connectivity index (χ3v) is 4.07. The second-order valence-electron chi connectivity index (χ2n) is 5.33. The van der Waals surface area contributed by atoms with E-state index in [1.54, 1.807) is 0 Å². The van der Waals surface area contributed by atoms with Crippen LogP contribution in [0.15, 0.2) is 54.6 Å². The van der Waals surface area contributed by atoms with Crippen molar-refractivity contribution in [1.29, 1.82) is 0 Å². The molecule has 0 heteroatoms. The zero-order valence-corrected chi connectivity index (χ0v) is 10.8. The Kier molecular flexibility index (Phi) is 3.45. The van der Waals surface area contributed by atoms with Gasteiger partial charge in [0.2, 0.25) is 0 Å². The summed E-state index contributed by atoms with van der Waals surface area (Å²) in [5.74, 6) is 0.794. The Labute approximate surface area is 110 Å². The Morgan fingerprint density at radius 1 is 0.667 bits per heavy atom. The van der Waals surface area contributed by atoms with E-state index in [-0.39, 0.29) is 0 Å². The van der Waals surface area contributed by atoms with Crippen molar-refractivity contribution in [3.05, 3.63) is 60.2 Å². The zero-order valence-electron chi connectivity index (χ0n) is 10.8. The highest BCUT2D eigenvalue weighted by Crippen LogP contribution is 2.34. The van der Waals surface area contributed by atoms with Crippen LogP contribution in [0.1, 0.15) is 43.6 Å². The SMILES string of the molecule is c1ccc(-c2cccc(C3CCCCC3)c2)cc1. The van der Waals surface area contributed by atoms with E-state index in [1.165, 1.54) is 48.8 Å². The topological polar surface area (TPSA) is 0 Å². The molecule has 2 aromatic carbocycles. The van der Waals surface area contributed by atoms with E-state index in [9.17, 15) is 0 Å². The van der Waals surface area contributed by atoms with Crippen LogP contribution in [0.2, 0.25) is 0 Å². The maximum absolute atomic E-state index is 2.39. The molecule has 0 aromatic heterocycles. The minimum absolute atomic E-state index is 0.794. The molecule has 2 aromatic rings. The Morgan fingerprint density at radius 2 is 1.39 bits per heavy atom. The van der Waals surface area contributed by atoms with Gasteiger partial charge in [-0.3, -0.25) is 0 Å². The van der Waals surface area contributed by atoms with Gasteiger partial charge in [0.25, 0.3) is 0 Å². The molecule has 0 unspecified atom stereocenters. The average molecular weight is 236 g/mol. The van der Waals surface area contributed by atoms with Crippen LogP contribution in [-0.4, -0.2) is 0 Å². The van der Waals surface area contributed by atoms with Gasteiger partial charge < -0.3 is 0 Å². The molecule has 0 nitrogen and oxygen atoms in total. The number of rotatable bonds is 2. The van der Waals surface area contributed by atoms with Crippen molar-refractivity contribution < 1.29 is 0 Å². The lowest BCUT2D eigenvalue weighted by molar-refractivity contribution is 0.444. The highest BCUT2D eigenvalue weighted by Gasteiger charge is 2.15. The highest BCUT2D eigenvalue weighted by molar-refractivity contribution is 5.64. The van der Waals surface area contributed by atoms with Crippen molar-refractivity contribution in [3.63, 3.8) is 0 Å². The molecule has 0 aliphatic heterocycles. The van der Waals surface area contributed by atoms with Gasteiger partial charge in [-0.15, -0.1) is 0 Å². The standard InChI is InChI=1S/C18H20/c1-3-8-15(9-4-1)17-12-7-13-18(14-17)16-10-5-2-6-11-16/h1,3-4,7-9,12-14,16H,2,5-6,10-11H2. The molecule has 0 saturated heterocycles. The largest absolute Gasteiger partial charge is 0.0622 e. The van der Waals surface area contributed by atoms with Crippen LogP contribution in [0.4, 0.5) is 0 Å². The predicted octanol–water partition coefficient (Wildman–Crippen LogP) is 5.40. The molecule has 1 aliphatic carbocycles. The van der Waals surface area contributed by atoms with Crippen molar-refractivity contribution in [1.82, 2.24) is 0 Å². The van der Waals surface area contributed by atoms with Crippen molar-refractivity contribution >= 4 is 0 Å². The van der Waals surface area contributed by atoms with E-state index in [1.807, 2.05) is 0 Å². The molecule has 0 bridgehead atoms. The smallest absolute Gasteiger partial charge is 0.0162 e. The summed E-state index contributed by atoms with van der Waals surface area (Å²) in [5.41, 5.74) is 4.23. The minimum atomic E-state index is 0.794. The second-order valence-corrected chi connectivity index (χ2v) is 5.33. The van der Waals surface area contributed by atoms with Gasteiger partial charge in [0.1, 0.15) is 0 Å². The predicted molar refractivity (Wildman–Crippen MR) is 77.7 cm³/mol. The summed E-state index contributed by atoms with van der Waals surface area (Å²) >= 11 is 0. The van der Waals surface area contributed by atoms with Gasteiger partial charge in [0, 0.05) is 0 Å². The van der Waals surface area contributed by atoms with Crippen LogP contribution in [-0.2, 0) is 0 Å². The molecule has 0 N–H and O–H groups in total. The van der Waals surface area contributed by atoms with Crippen LogP contribution in [0.3, 0.4) is 0 Å². The van der Waals surface area contributed by atoms with Gasteiger partial charge in [0.05, 0.1) is 0 Å². The summed E-state index contributed by atoms with van der Waals surface area (Å²) in [6.45, 7) is 0. The van der Waals surface area contributed by atoms with Crippen LogP contribution in [0, 0.1) is 0 Å². The van der Waals surface area contributed by atoms with Crippen molar-refractivity contribution in [2.45, 2.75) is 38.0 Å². The summed E-state index contributed by atoms with van der Waals surface area (Å²) in [6, 6.07) is 19.8.